The van der Waals surface area contributed by atoms with E-state index in [1.807, 2.05) is 0 Å². The fourth-order valence-electron chi connectivity index (χ4n) is 1.16. The summed E-state index contributed by atoms with van der Waals surface area (Å²) in [7, 11) is 0. The molecule has 4 nitrogen and oxygen atoms in total. The van der Waals surface area contributed by atoms with Gasteiger partial charge in [-0.25, -0.2) is 0 Å². The van der Waals surface area contributed by atoms with Crippen LogP contribution in [0.1, 0.15) is 11.4 Å². The summed E-state index contributed by atoms with van der Waals surface area (Å²) in [5.74, 6) is 1.86. The summed E-state index contributed by atoms with van der Waals surface area (Å²) < 4.78 is 0. The maximum absolute atomic E-state index is 5.40. The van der Waals surface area contributed by atoms with Crippen LogP contribution in [0.2, 0.25) is 0 Å². The SMILES string of the molecule is Cc1ccc(SCc2nc(N)n[nH]2)cc1. The Kier molecular flexibility index (Phi) is 2.91. The molecule has 0 saturated carbocycles. The Bertz CT molecular complexity index is 435. The van der Waals surface area contributed by atoms with Crippen molar-refractivity contribution in [1.29, 1.82) is 0 Å². The number of H-pyrrole nitrogens is 1. The van der Waals surface area contributed by atoms with Gasteiger partial charge in [0, 0.05) is 4.90 Å². The number of aryl methyl sites for hydroxylation is 1. The Labute approximate surface area is 92.3 Å². The van der Waals surface area contributed by atoms with Gasteiger partial charge in [-0.15, -0.1) is 16.9 Å². The lowest BCUT2D eigenvalue weighted by Gasteiger charge is -1.99. The average Bonchev–Trinajstić information content (AvgIpc) is 2.64. The molecule has 0 fully saturated rings. The maximum atomic E-state index is 5.40. The number of nitrogens with two attached hydrogens (primary N) is 1. The predicted molar refractivity (Wildman–Crippen MR) is 61.5 cm³/mol. The van der Waals surface area contributed by atoms with Crippen LogP contribution in [-0.4, -0.2) is 15.2 Å². The molecule has 0 atom stereocenters. The topological polar surface area (TPSA) is 67.6 Å². The first-order valence-corrected chi connectivity index (χ1v) is 5.59. The van der Waals surface area contributed by atoms with Gasteiger partial charge in [0.15, 0.2) is 0 Å². The molecule has 0 saturated heterocycles. The quantitative estimate of drug-likeness (QED) is 0.776. The lowest BCUT2D eigenvalue weighted by atomic mass is 10.2. The van der Waals surface area contributed by atoms with Crippen molar-refractivity contribution < 1.29 is 0 Å². The van der Waals surface area contributed by atoms with Gasteiger partial charge in [-0.05, 0) is 19.1 Å². The van der Waals surface area contributed by atoms with Gasteiger partial charge in [0.25, 0.3) is 0 Å². The number of nitrogens with one attached hydrogen (secondary N) is 1. The number of anilines is 1. The van der Waals surface area contributed by atoms with E-state index in [-0.39, 0.29) is 0 Å². The molecule has 1 heterocycles. The van der Waals surface area contributed by atoms with E-state index >= 15 is 0 Å². The van der Waals surface area contributed by atoms with E-state index in [2.05, 4.69) is 46.4 Å². The van der Waals surface area contributed by atoms with Crippen molar-refractivity contribution in [2.75, 3.05) is 5.73 Å². The number of rotatable bonds is 3. The van der Waals surface area contributed by atoms with Crippen molar-refractivity contribution in [3.05, 3.63) is 35.7 Å². The molecular formula is C10H12N4S. The third kappa shape index (κ3) is 2.73. The Morgan fingerprint density at radius 1 is 1.33 bits per heavy atom. The van der Waals surface area contributed by atoms with Gasteiger partial charge >= 0.3 is 0 Å². The van der Waals surface area contributed by atoms with E-state index in [1.165, 1.54) is 10.5 Å². The van der Waals surface area contributed by atoms with Crippen molar-refractivity contribution in [3.63, 3.8) is 0 Å². The first-order valence-electron chi connectivity index (χ1n) is 4.60. The van der Waals surface area contributed by atoms with E-state index in [1.54, 1.807) is 11.8 Å². The van der Waals surface area contributed by atoms with Crippen LogP contribution in [0, 0.1) is 6.92 Å². The third-order valence-corrected chi connectivity index (χ3v) is 2.97. The lowest BCUT2D eigenvalue weighted by molar-refractivity contribution is 1.03. The van der Waals surface area contributed by atoms with E-state index in [4.69, 9.17) is 5.73 Å². The zero-order chi connectivity index (χ0) is 10.7. The van der Waals surface area contributed by atoms with Crippen molar-refractivity contribution in [2.24, 2.45) is 0 Å². The summed E-state index contributed by atoms with van der Waals surface area (Å²) in [6.45, 7) is 2.07. The van der Waals surface area contributed by atoms with Crippen molar-refractivity contribution in [1.82, 2.24) is 15.2 Å². The summed E-state index contributed by atoms with van der Waals surface area (Å²) in [5.41, 5.74) is 6.67. The summed E-state index contributed by atoms with van der Waals surface area (Å²) >= 11 is 1.71. The highest BCUT2D eigenvalue weighted by Crippen LogP contribution is 2.21. The minimum atomic E-state index is 0.300. The van der Waals surface area contributed by atoms with E-state index in [9.17, 15) is 0 Å². The Morgan fingerprint density at radius 3 is 2.67 bits per heavy atom. The lowest BCUT2D eigenvalue weighted by Crippen LogP contribution is -1.86. The zero-order valence-corrected chi connectivity index (χ0v) is 9.21. The smallest absolute Gasteiger partial charge is 0.239 e. The van der Waals surface area contributed by atoms with Crippen LogP contribution in [0.3, 0.4) is 0 Å². The number of hydrogen-bond donors (Lipinski definition) is 2. The van der Waals surface area contributed by atoms with Crippen LogP contribution in [0.5, 0.6) is 0 Å². The summed E-state index contributed by atoms with van der Waals surface area (Å²) in [6, 6.07) is 8.38. The molecule has 2 aromatic rings. The van der Waals surface area contributed by atoms with Crippen LogP contribution >= 0.6 is 11.8 Å². The van der Waals surface area contributed by atoms with Gasteiger partial charge in [0.05, 0.1) is 5.75 Å². The molecule has 1 aromatic carbocycles. The first-order chi connectivity index (χ1) is 7.24. The highest BCUT2D eigenvalue weighted by Gasteiger charge is 2.00. The van der Waals surface area contributed by atoms with Crippen LogP contribution < -0.4 is 5.73 Å². The Balaban J connectivity index is 1.96. The van der Waals surface area contributed by atoms with E-state index < -0.39 is 0 Å². The normalized spacial score (nSPS) is 10.5. The molecule has 0 spiro atoms. The van der Waals surface area contributed by atoms with Gasteiger partial charge in [0.2, 0.25) is 5.95 Å². The second-order valence-electron chi connectivity index (χ2n) is 3.24. The summed E-state index contributed by atoms with van der Waals surface area (Å²) in [4.78, 5) is 5.25. The Hall–Kier alpha value is -1.49. The number of benzene rings is 1. The predicted octanol–water partition coefficient (Wildman–Crippen LogP) is 1.99. The number of aromatic nitrogens is 3. The molecule has 15 heavy (non-hydrogen) atoms. The minimum absolute atomic E-state index is 0.300. The van der Waals surface area contributed by atoms with Crippen LogP contribution in [0.15, 0.2) is 29.2 Å². The number of nitrogens with zero attached hydrogens (tertiary/aromatic N) is 2. The maximum Gasteiger partial charge on any atom is 0.239 e. The molecule has 78 valence electrons. The monoisotopic (exact) mass is 220 g/mol. The van der Waals surface area contributed by atoms with Crippen LogP contribution in [0.4, 0.5) is 5.95 Å². The Morgan fingerprint density at radius 2 is 2.07 bits per heavy atom. The largest absolute Gasteiger partial charge is 0.367 e. The van der Waals surface area contributed by atoms with Gasteiger partial charge in [0.1, 0.15) is 5.82 Å². The van der Waals surface area contributed by atoms with Crippen LogP contribution in [0.25, 0.3) is 0 Å². The molecular weight excluding hydrogens is 208 g/mol. The molecule has 0 unspecified atom stereocenters. The second kappa shape index (κ2) is 4.35. The minimum Gasteiger partial charge on any atom is -0.367 e. The molecule has 0 radical (unpaired) electrons. The molecule has 3 N–H and O–H groups in total. The fraction of sp³-hybridized carbons (Fsp3) is 0.200. The third-order valence-electron chi connectivity index (χ3n) is 1.95. The van der Waals surface area contributed by atoms with Crippen molar-refractivity contribution >= 4 is 17.7 Å². The number of thioether (sulfide) groups is 1. The summed E-state index contributed by atoms with van der Waals surface area (Å²) in [5, 5.41) is 6.55. The first kappa shape index (κ1) is 10.0. The summed E-state index contributed by atoms with van der Waals surface area (Å²) in [6.07, 6.45) is 0. The van der Waals surface area contributed by atoms with Crippen LogP contribution in [-0.2, 0) is 5.75 Å². The number of nitrogen functional groups attached to an aromatic ring is 1. The molecule has 2 rings (SSSR count). The number of aromatic amines is 1. The second-order valence-corrected chi connectivity index (χ2v) is 4.29. The molecule has 5 heteroatoms. The van der Waals surface area contributed by atoms with Crippen molar-refractivity contribution in [2.45, 2.75) is 17.6 Å². The number of hydrogen-bond acceptors (Lipinski definition) is 4. The molecule has 0 aliphatic rings. The van der Waals surface area contributed by atoms with E-state index in [0.29, 0.717) is 5.95 Å². The average molecular weight is 220 g/mol. The van der Waals surface area contributed by atoms with Crippen molar-refractivity contribution in [3.8, 4) is 0 Å². The highest BCUT2D eigenvalue weighted by molar-refractivity contribution is 7.98. The van der Waals surface area contributed by atoms with Gasteiger partial charge in [-0.3, -0.25) is 5.10 Å². The van der Waals surface area contributed by atoms with Gasteiger partial charge in [-0.1, -0.05) is 17.7 Å². The molecule has 0 aliphatic carbocycles. The molecule has 0 aliphatic heterocycles. The molecule has 0 bridgehead atoms. The van der Waals surface area contributed by atoms with Gasteiger partial charge in [-0.2, -0.15) is 4.98 Å². The zero-order valence-electron chi connectivity index (χ0n) is 8.40. The fourth-order valence-corrected chi connectivity index (χ4v) is 1.92. The highest BCUT2D eigenvalue weighted by atomic mass is 32.2. The molecule has 1 aromatic heterocycles. The van der Waals surface area contributed by atoms with E-state index in [0.717, 1.165) is 11.6 Å². The molecule has 0 amide bonds. The van der Waals surface area contributed by atoms with Gasteiger partial charge < -0.3 is 5.73 Å². The standard InChI is InChI=1S/C10H12N4S/c1-7-2-4-8(5-3-7)15-6-9-12-10(11)14-13-9/h2-5H,6H2,1H3,(H3,11,12,13,14).